The van der Waals surface area contributed by atoms with Gasteiger partial charge in [0, 0.05) is 18.8 Å². The Bertz CT molecular complexity index is 1480. The second-order valence-electron chi connectivity index (χ2n) is 7.56. The molecule has 168 valence electrons. The summed E-state index contributed by atoms with van der Waals surface area (Å²) in [5, 5.41) is 0. The zero-order valence-corrected chi connectivity index (χ0v) is 19.3. The van der Waals surface area contributed by atoms with Gasteiger partial charge in [0.25, 0.3) is 5.56 Å². The Hall–Kier alpha value is -3.91. The number of para-hydroxylation sites is 2. The number of aryl methyl sites for hydroxylation is 1. The first-order valence-corrected chi connectivity index (χ1v) is 11.7. The van der Waals surface area contributed by atoms with Gasteiger partial charge in [-0.2, -0.15) is 8.42 Å². The lowest BCUT2D eigenvalue weighted by atomic mass is 10.2. The average Bonchev–Trinajstić information content (AvgIpc) is 3.01. The summed E-state index contributed by atoms with van der Waals surface area (Å²) in [5.41, 5.74) is 2.76. The van der Waals surface area contributed by atoms with Crippen LogP contribution in [0.1, 0.15) is 16.8 Å². The number of rotatable bonds is 6. The Morgan fingerprint density at radius 3 is 2.21 bits per heavy atom. The normalized spacial score (nSPS) is 11.7. The van der Waals surface area contributed by atoms with E-state index < -0.39 is 10.1 Å². The maximum Gasteiger partial charge on any atom is 0.339 e. The highest BCUT2D eigenvalue weighted by molar-refractivity contribution is 7.87. The molecule has 4 rings (SSSR count). The molecule has 0 aliphatic rings. The highest BCUT2D eigenvalue weighted by Gasteiger charge is 2.19. The molecule has 33 heavy (non-hydrogen) atoms. The van der Waals surface area contributed by atoms with Gasteiger partial charge in [0.15, 0.2) is 11.4 Å². The molecule has 0 fully saturated rings. The van der Waals surface area contributed by atoms with E-state index in [1.54, 1.807) is 55.1 Å². The molecule has 0 unspecified atom stereocenters. The Kier molecular flexibility index (Phi) is 6.02. The third-order valence-corrected chi connectivity index (χ3v) is 6.53. The fraction of sp³-hybridized carbons (Fsp3) is 0.120. The fourth-order valence-corrected chi connectivity index (χ4v) is 4.33. The van der Waals surface area contributed by atoms with Crippen molar-refractivity contribution in [3.05, 3.63) is 106 Å². The van der Waals surface area contributed by atoms with E-state index in [1.165, 1.54) is 23.0 Å². The largest absolute Gasteiger partial charge is 0.378 e. The van der Waals surface area contributed by atoms with Crippen molar-refractivity contribution in [2.24, 2.45) is 12.0 Å². The molecule has 0 spiro atoms. The van der Waals surface area contributed by atoms with E-state index in [9.17, 15) is 13.2 Å². The predicted molar refractivity (Wildman–Crippen MR) is 128 cm³/mol. The maximum absolute atomic E-state index is 13.1. The first-order chi connectivity index (χ1) is 15.8. The monoisotopic (exact) mass is 461 g/mol. The van der Waals surface area contributed by atoms with E-state index in [-0.39, 0.29) is 21.9 Å². The van der Waals surface area contributed by atoms with Crippen LogP contribution in [-0.2, 0) is 17.2 Å². The number of aliphatic imine (C=N–C) groups is 1. The zero-order valence-electron chi connectivity index (χ0n) is 18.5. The van der Waals surface area contributed by atoms with Crippen LogP contribution in [0.4, 0.5) is 5.69 Å². The lowest BCUT2D eigenvalue weighted by molar-refractivity contribution is 0.485. The van der Waals surface area contributed by atoms with Crippen LogP contribution in [0.2, 0.25) is 0 Å². The van der Waals surface area contributed by atoms with Gasteiger partial charge in [0.05, 0.1) is 11.4 Å². The Balaban J connectivity index is 1.69. The number of benzene rings is 3. The van der Waals surface area contributed by atoms with Gasteiger partial charge in [-0.1, -0.05) is 48.0 Å². The van der Waals surface area contributed by atoms with Crippen molar-refractivity contribution in [3.63, 3.8) is 0 Å². The SMILES string of the molecule is Cc1ccc(S(=O)(=O)Oc2ccccc2C=Nc2c(C)n(C)n(-c3ccccc3)c2=O)cc1. The topological polar surface area (TPSA) is 82.7 Å². The second kappa shape index (κ2) is 8.91. The summed E-state index contributed by atoms with van der Waals surface area (Å²) >= 11 is 0. The molecule has 0 atom stereocenters. The highest BCUT2D eigenvalue weighted by Crippen LogP contribution is 2.23. The van der Waals surface area contributed by atoms with Crippen LogP contribution in [0.15, 0.2) is 93.5 Å². The van der Waals surface area contributed by atoms with Crippen LogP contribution in [0, 0.1) is 13.8 Å². The third-order valence-electron chi connectivity index (χ3n) is 5.28. The molecule has 0 radical (unpaired) electrons. The van der Waals surface area contributed by atoms with Gasteiger partial charge in [-0.3, -0.25) is 9.48 Å². The number of hydrogen-bond donors (Lipinski definition) is 0. The molecular weight excluding hydrogens is 438 g/mol. The molecule has 4 aromatic rings. The van der Waals surface area contributed by atoms with Crippen LogP contribution in [0.5, 0.6) is 5.75 Å². The highest BCUT2D eigenvalue weighted by atomic mass is 32.2. The summed E-state index contributed by atoms with van der Waals surface area (Å²) in [7, 11) is -2.24. The molecule has 1 aromatic heterocycles. The summed E-state index contributed by atoms with van der Waals surface area (Å²) in [6.07, 6.45) is 1.44. The summed E-state index contributed by atoms with van der Waals surface area (Å²) in [4.78, 5) is 17.5. The number of nitrogens with zero attached hydrogens (tertiary/aromatic N) is 3. The van der Waals surface area contributed by atoms with E-state index in [0.717, 1.165) is 11.3 Å². The molecule has 0 saturated carbocycles. The predicted octanol–water partition coefficient (Wildman–Crippen LogP) is 4.31. The minimum atomic E-state index is -4.02. The van der Waals surface area contributed by atoms with Crippen molar-refractivity contribution < 1.29 is 12.6 Å². The van der Waals surface area contributed by atoms with E-state index in [0.29, 0.717) is 11.3 Å². The summed E-state index contributed by atoms with van der Waals surface area (Å²) in [6.45, 7) is 3.68. The van der Waals surface area contributed by atoms with Gasteiger partial charge in [-0.15, -0.1) is 0 Å². The van der Waals surface area contributed by atoms with Crippen LogP contribution < -0.4 is 9.74 Å². The van der Waals surface area contributed by atoms with Gasteiger partial charge >= 0.3 is 10.1 Å². The minimum absolute atomic E-state index is 0.0597. The van der Waals surface area contributed by atoms with E-state index in [1.807, 2.05) is 37.3 Å². The minimum Gasteiger partial charge on any atom is -0.378 e. The fourth-order valence-electron chi connectivity index (χ4n) is 3.37. The van der Waals surface area contributed by atoms with Gasteiger partial charge in [0.1, 0.15) is 4.90 Å². The molecule has 0 amide bonds. The van der Waals surface area contributed by atoms with Gasteiger partial charge < -0.3 is 4.18 Å². The summed E-state index contributed by atoms with van der Waals surface area (Å²) in [5.74, 6) is 0.124. The lowest BCUT2D eigenvalue weighted by Crippen LogP contribution is -2.19. The van der Waals surface area contributed by atoms with E-state index >= 15 is 0 Å². The van der Waals surface area contributed by atoms with Crippen molar-refractivity contribution in [2.45, 2.75) is 18.7 Å². The maximum atomic E-state index is 13.1. The van der Waals surface area contributed by atoms with Crippen LogP contribution in [0.25, 0.3) is 5.69 Å². The van der Waals surface area contributed by atoms with Crippen LogP contribution >= 0.6 is 0 Å². The van der Waals surface area contributed by atoms with Gasteiger partial charge in [-0.25, -0.2) is 9.67 Å². The second-order valence-corrected chi connectivity index (χ2v) is 9.10. The molecule has 0 N–H and O–H groups in total. The smallest absolute Gasteiger partial charge is 0.339 e. The van der Waals surface area contributed by atoms with Crippen molar-refractivity contribution in [3.8, 4) is 11.4 Å². The number of hydrogen-bond acceptors (Lipinski definition) is 5. The molecule has 0 bridgehead atoms. The van der Waals surface area contributed by atoms with E-state index in [4.69, 9.17) is 4.18 Å². The summed E-state index contributed by atoms with van der Waals surface area (Å²) in [6, 6.07) is 22.3. The Labute approximate surface area is 192 Å². The van der Waals surface area contributed by atoms with Crippen LogP contribution in [-0.4, -0.2) is 24.0 Å². The Morgan fingerprint density at radius 2 is 1.52 bits per heavy atom. The average molecular weight is 462 g/mol. The van der Waals surface area contributed by atoms with Crippen molar-refractivity contribution in [2.75, 3.05) is 0 Å². The quantitative estimate of drug-likeness (QED) is 0.316. The van der Waals surface area contributed by atoms with Crippen LogP contribution in [0.3, 0.4) is 0 Å². The first kappa shape index (κ1) is 22.3. The molecule has 3 aromatic carbocycles. The molecule has 8 heteroatoms. The van der Waals surface area contributed by atoms with Crippen molar-refractivity contribution in [1.29, 1.82) is 0 Å². The van der Waals surface area contributed by atoms with Gasteiger partial charge in [0.2, 0.25) is 0 Å². The Morgan fingerprint density at radius 1 is 0.879 bits per heavy atom. The first-order valence-electron chi connectivity index (χ1n) is 10.3. The molecule has 0 aliphatic heterocycles. The standard InChI is InChI=1S/C25H23N3O4S/c1-18-13-15-22(16-14-18)33(30,31)32-23-12-8-7-9-20(23)17-26-24-19(2)27(3)28(25(24)29)21-10-5-4-6-11-21/h4-17H,1-3H3. The zero-order chi connectivity index (χ0) is 23.6. The molecule has 0 aliphatic carbocycles. The molecule has 7 nitrogen and oxygen atoms in total. The number of aromatic nitrogens is 2. The molecular formula is C25H23N3O4S. The summed E-state index contributed by atoms with van der Waals surface area (Å²) < 4.78 is 34.1. The third kappa shape index (κ3) is 4.51. The van der Waals surface area contributed by atoms with E-state index in [2.05, 4.69) is 4.99 Å². The molecule has 0 saturated heterocycles. The van der Waals surface area contributed by atoms with Gasteiger partial charge in [-0.05, 0) is 50.2 Å². The lowest BCUT2D eigenvalue weighted by Gasteiger charge is -2.09. The molecule has 1 heterocycles. The van der Waals surface area contributed by atoms with Crippen molar-refractivity contribution >= 4 is 22.0 Å². The van der Waals surface area contributed by atoms with Crippen molar-refractivity contribution in [1.82, 2.24) is 9.36 Å².